The number of amides is 1. The van der Waals surface area contributed by atoms with Crippen LogP contribution in [0, 0.1) is 0 Å². The first-order chi connectivity index (χ1) is 14.0. The fraction of sp³-hybridized carbons (Fsp3) is 0.636. The summed E-state index contributed by atoms with van der Waals surface area (Å²) in [5.41, 5.74) is -0.436. The molecule has 2 fully saturated rings. The number of hydrogen-bond acceptors (Lipinski definition) is 7. The van der Waals surface area contributed by atoms with E-state index >= 15 is 0 Å². The van der Waals surface area contributed by atoms with Crippen molar-refractivity contribution < 1.29 is 28.6 Å². The van der Waals surface area contributed by atoms with Gasteiger partial charge in [0.1, 0.15) is 11.3 Å². The molecular formula is C22H32N2O6. The van der Waals surface area contributed by atoms with Crippen molar-refractivity contribution >= 4 is 12.1 Å². The molecule has 0 aliphatic carbocycles. The second-order valence-electron chi connectivity index (χ2n) is 9.16. The number of hydrogen-bond donors (Lipinski definition) is 0. The third-order valence-electron chi connectivity index (χ3n) is 5.29. The molecule has 0 unspecified atom stereocenters. The van der Waals surface area contributed by atoms with E-state index in [1.807, 2.05) is 65.0 Å². The van der Waals surface area contributed by atoms with Gasteiger partial charge in [0.15, 0.2) is 6.10 Å². The van der Waals surface area contributed by atoms with Gasteiger partial charge < -0.3 is 14.2 Å². The third kappa shape index (κ3) is 4.94. The molecule has 8 nitrogen and oxygen atoms in total. The summed E-state index contributed by atoms with van der Waals surface area (Å²) in [5, 5.41) is 1.77. The Kier molecular flexibility index (Phi) is 6.40. The van der Waals surface area contributed by atoms with Gasteiger partial charge in [-0.05, 0) is 40.2 Å². The Hall–Kier alpha value is -2.16. The summed E-state index contributed by atoms with van der Waals surface area (Å²) < 4.78 is 16.5. The van der Waals surface area contributed by atoms with Crippen LogP contribution in [-0.2, 0) is 30.4 Å². The summed E-state index contributed by atoms with van der Waals surface area (Å²) in [4.78, 5) is 32.8. The van der Waals surface area contributed by atoms with Crippen molar-refractivity contribution in [3.63, 3.8) is 0 Å². The molecular weight excluding hydrogens is 388 g/mol. The lowest BCUT2D eigenvalue weighted by atomic mass is 10.0. The fourth-order valence-electron chi connectivity index (χ4n) is 3.94. The number of carbonyl (C=O) groups excluding carboxylic acids is 2. The van der Waals surface area contributed by atoms with Gasteiger partial charge in [0.05, 0.1) is 25.8 Å². The lowest BCUT2D eigenvalue weighted by Gasteiger charge is -2.38. The summed E-state index contributed by atoms with van der Waals surface area (Å²) in [5.74, 6) is -0.433. The molecule has 1 aromatic rings. The summed E-state index contributed by atoms with van der Waals surface area (Å²) in [6.07, 6.45) is -0.785. The van der Waals surface area contributed by atoms with Gasteiger partial charge in [-0.1, -0.05) is 30.3 Å². The van der Waals surface area contributed by atoms with Gasteiger partial charge in [-0.2, -0.15) is 5.06 Å². The van der Waals surface area contributed by atoms with E-state index in [2.05, 4.69) is 0 Å². The van der Waals surface area contributed by atoms with Crippen molar-refractivity contribution in [3.05, 3.63) is 35.9 Å². The van der Waals surface area contributed by atoms with E-state index in [0.717, 1.165) is 5.56 Å². The Bertz CT molecular complexity index is 761. The first kappa shape index (κ1) is 22.5. The van der Waals surface area contributed by atoms with E-state index < -0.39 is 29.5 Å². The summed E-state index contributed by atoms with van der Waals surface area (Å²) in [6, 6.07) is 9.23. The van der Waals surface area contributed by atoms with Crippen molar-refractivity contribution in [2.45, 2.75) is 77.1 Å². The predicted octanol–water partition coefficient (Wildman–Crippen LogP) is 3.11. The van der Waals surface area contributed by atoms with E-state index in [9.17, 15) is 9.59 Å². The molecule has 2 aliphatic rings. The van der Waals surface area contributed by atoms with Crippen LogP contribution in [0.4, 0.5) is 4.79 Å². The van der Waals surface area contributed by atoms with Gasteiger partial charge >= 0.3 is 12.1 Å². The zero-order valence-corrected chi connectivity index (χ0v) is 18.6. The maximum atomic E-state index is 13.1. The van der Waals surface area contributed by atoms with E-state index in [0.29, 0.717) is 19.6 Å². The first-order valence-corrected chi connectivity index (χ1v) is 10.2. The molecule has 0 N–H and O–H groups in total. The average Bonchev–Trinajstić information content (AvgIpc) is 3.20. The molecule has 0 radical (unpaired) electrons. The quantitative estimate of drug-likeness (QED) is 0.693. The van der Waals surface area contributed by atoms with Crippen LogP contribution in [0.1, 0.15) is 46.6 Å². The molecule has 1 aromatic carbocycles. The van der Waals surface area contributed by atoms with Crippen molar-refractivity contribution in [2.24, 2.45) is 0 Å². The molecule has 30 heavy (non-hydrogen) atoms. The highest BCUT2D eigenvalue weighted by molar-refractivity contribution is 5.75. The average molecular weight is 421 g/mol. The van der Waals surface area contributed by atoms with Crippen molar-refractivity contribution in [1.82, 2.24) is 9.96 Å². The summed E-state index contributed by atoms with van der Waals surface area (Å²) in [7, 11) is 1.34. The van der Waals surface area contributed by atoms with Gasteiger partial charge in [0.25, 0.3) is 0 Å². The minimum absolute atomic E-state index is 0.261. The van der Waals surface area contributed by atoms with Gasteiger partial charge in [-0.25, -0.2) is 9.59 Å². The molecule has 3 atom stereocenters. The molecule has 2 heterocycles. The molecule has 0 saturated carbocycles. The second-order valence-corrected chi connectivity index (χ2v) is 9.16. The molecule has 0 spiro atoms. The Morgan fingerprint density at radius 1 is 1.17 bits per heavy atom. The van der Waals surface area contributed by atoms with Crippen LogP contribution in [0.25, 0.3) is 0 Å². The minimum atomic E-state index is -0.839. The van der Waals surface area contributed by atoms with Crippen LogP contribution in [-0.4, -0.2) is 65.3 Å². The summed E-state index contributed by atoms with van der Waals surface area (Å²) >= 11 is 0. The fourth-order valence-corrected chi connectivity index (χ4v) is 3.94. The largest absolute Gasteiger partial charge is 0.467 e. The highest BCUT2D eigenvalue weighted by atomic mass is 16.7. The van der Waals surface area contributed by atoms with E-state index in [1.165, 1.54) is 7.11 Å². The highest BCUT2D eigenvalue weighted by Crippen LogP contribution is 2.37. The highest BCUT2D eigenvalue weighted by Gasteiger charge is 2.53. The number of ether oxygens (including phenoxy) is 3. The number of nitrogens with zero attached hydrogens (tertiary/aromatic N) is 2. The first-order valence-electron chi connectivity index (χ1n) is 10.2. The van der Waals surface area contributed by atoms with Gasteiger partial charge in [0, 0.05) is 13.0 Å². The maximum Gasteiger partial charge on any atom is 0.412 e. The number of rotatable bonds is 4. The molecule has 2 saturated heterocycles. The molecule has 0 bridgehead atoms. The molecule has 166 valence electrons. The molecule has 0 aromatic heterocycles. The zero-order chi connectivity index (χ0) is 22.1. The SMILES string of the molecule is COC(=O)[C@H]1C[C@@H]([C@@H]2COC(C)(C)N2C(=O)OC(C)(C)C)N(Cc2ccccc2)O1. The van der Waals surface area contributed by atoms with E-state index in [-0.39, 0.29) is 12.1 Å². The van der Waals surface area contributed by atoms with Crippen LogP contribution in [0.3, 0.4) is 0 Å². The maximum absolute atomic E-state index is 13.1. The third-order valence-corrected chi connectivity index (χ3v) is 5.29. The number of carbonyl (C=O) groups is 2. The Balaban J connectivity index is 1.87. The van der Waals surface area contributed by atoms with Crippen LogP contribution in [0.2, 0.25) is 0 Å². The Labute approximate surface area is 178 Å². The van der Waals surface area contributed by atoms with Crippen LogP contribution < -0.4 is 0 Å². The summed E-state index contributed by atoms with van der Waals surface area (Å²) in [6.45, 7) is 9.96. The number of methoxy groups -OCH3 is 1. The van der Waals surface area contributed by atoms with E-state index in [1.54, 1.807) is 9.96 Å². The smallest absolute Gasteiger partial charge is 0.412 e. The van der Waals surface area contributed by atoms with Gasteiger partial charge in [-0.15, -0.1) is 0 Å². The topological polar surface area (TPSA) is 77.5 Å². The van der Waals surface area contributed by atoms with Crippen LogP contribution in [0.15, 0.2) is 30.3 Å². The zero-order valence-electron chi connectivity index (χ0n) is 18.6. The monoisotopic (exact) mass is 420 g/mol. The molecule has 8 heteroatoms. The number of benzene rings is 1. The molecule has 3 rings (SSSR count). The predicted molar refractivity (Wildman–Crippen MR) is 109 cm³/mol. The Morgan fingerprint density at radius 2 is 1.83 bits per heavy atom. The van der Waals surface area contributed by atoms with Crippen molar-refractivity contribution in [2.75, 3.05) is 13.7 Å². The lowest BCUT2D eigenvalue weighted by Crippen LogP contribution is -2.55. The number of hydroxylamine groups is 2. The standard InChI is InChI=1S/C22H32N2O6/c1-21(2,3)29-20(26)24-17(14-28-22(24,4)5)16-12-18(19(25)27-6)30-23(16)13-15-10-8-7-9-11-15/h7-11,16-18H,12-14H2,1-6H3/t16-,17-,18+/m0/s1. The minimum Gasteiger partial charge on any atom is -0.467 e. The van der Waals surface area contributed by atoms with Gasteiger partial charge in [0.2, 0.25) is 0 Å². The van der Waals surface area contributed by atoms with Crippen molar-refractivity contribution in [1.29, 1.82) is 0 Å². The lowest BCUT2D eigenvalue weighted by molar-refractivity contribution is -0.195. The van der Waals surface area contributed by atoms with Crippen LogP contribution in [0.5, 0.6) is 0 Å². The molecule has 1 amide bonds. The van der Waals surface area contributed by atoms with Crippen molar-refractivity contribution in [3.8, 4) is 0 Å². The van der Waals surface area contributed by atoms with Gasteiger partial charge in [-0.3, -0.25) is 9.74 Å². The number of esters is 1. The normalized spacial score (nSPS) is 26.6. The van der Waals surface area contributed by atoms with Crippen LogP contribution >= 0.6 is 0 Å². The second kappa shape index (κ2) is 8.53. The van der Waals surface area contributed by atoms with E-state index in [4.69, 9.17) is 19.0 Å². The Morgan fingerprint density at radius 3 is 2.43 bits per heavy atom. The molecule has 2 aliphatic heterocycles.